The Morgan fingerprint density at radius 2 is 1.83 bits per heavy atom. The third kappa shape index (κ3) is 5.17. The van der Waals surface area contributed by atoms with Gasteiger partial charge in [-0.05, 0) is 55.7 Å². The number of amides is 1. The van der Waals surface area contributed by atoms with E-state index in [-0.39, 0.29) is 18.4 Å². The lowest BCUT2D eigenvalue weighted by Gasteiger charge is -2.20. The highest BCUT2D eigenvalue weighted by Gasteiger charge is 2.26. The summed E-state index contributed by atoms with van der Waals surface area (Å²) in [4.78, 5) is 29.7. The third-order valence-electron chi connectivity index (χ3n) is 4.65. The van der Waals surface area contributed by atoms with Gasteiger partial charge in [0.25, 0.3) is 5.91 Å². The Balaban J connectivity index is 1.62. The van der Waals surface area contributed by atoms with Gasteiger partial charge in [0, 0.05) is 18.0 Å². The standard InChI is InChI=1S/C23H27N3O4/c1-5-29-19-9-7-17(8-10-19)22(27)25-21(15(2)3)23(28)30-14-18-13-26-12-16(4)6-11-20(26)24-18/h6-13,15,21H,5,14H2,1-4H3,(H,25,27). The first kappa shape index (κ1) is 21.4. The molecule has 0 aliphatic rings. The van der Waals surface area contributed by atoms with Crippen molar-refractivity contribution in [2.45, 2.75) is 40.3 Å². The average molecular weight is 409 g/mol. The second-order valence-corrected chi connectivity index (χ2v) is 7.46. The molecule has 3 aromatic rings. The Morgan fingerprint density at radius 3 is 2.50 bits per heavy atom. The number of benzene rings is 1. The van der Waals surface area contributed by atoms with Crippen LogP contribution >= 0.6 is 0 Å². The van der Waals surface area contributed by atoms with E-state index in [9.17, 15) is 9.59 Å². The Hall–Kier alpha value is -3.35. The second kappa shape index (κ2) is 9.43. The Morgan fingerprint density at radius 1 is 1.10 bits per heavy atom. The van der Waals surface area contributed by atoms with Gasteiger partial charge in [0.15, 0.2) is 0 Å². The van der Waals surface area contributed by atoms with Crippen LogP contribution in [0.15, 0.2) is 48.8 Å². The van der Waals surface area contributed by atoms with Crippen molar-refractivity contribution in [3.05, 3.63) is 65.6 Å². The number of carbonyl (C=O) groups excluding carboxylic acids is 2. The van der Waals surface area contributed by atoms with Crippen LogP contribution in [0, 0.1) is 12.8 Å². The average Bonchev–Trinajstić information content (AvgIpc) is 3.12. The molecule has 7 nitrogen and oxygen atoms in total. The summed E-state index contributed by atoms with van der Waals surface area (Å²) in [6.07, 6.45) is 3.79. The number of hydrogen-bond donors (Lipinski definition) is 1. The number of carbonyl (C=O) groups is 2. The Labute approximate surface area is 176 Å². The summed E-state index contributed by atoms with van der Waals surface area (Å²) in [5.74, 6) is -0.265. The number of aryl methyl sites for hydroxylation is 1. The molecule has 0 radical (unpaired) electrons. The topological polar surface area (TPSA) is 81.9 Å². The predicted molar refractivity (Wildman–Crippen MR) is 113 cm³/mol. The summed E-state index contributed by atoms with van der Waals surface area (Å²) >= 11 is 0. The van der Waals surface area contributed by atoms with Gasteiger partial charge >= 0.3 is 5.97 Å². The van der Waals surface area contributed by atoms with Crippen LogP contribution in [0.25, 0.3) is 5.65 Å². The molecule has 2 heterocycles. The lowest BCUT2D eigenvalue weighted by Crippen LogP contribution is -2.45. The number of nitrogens with zero attached hydrogens (tertiary/aromatic N) is 2. The molecular weight excluding hydrogens is 382 g/mol. The number of nitrogens with one attached hydrogen (secondary N) is 1. The molecule has 0 bridgehead atoms. The van der Waals surface area contributed by atoms with Gasteiger partial charge in [-0.25, -0.2) is 9.78 Å². The molecule has 0 aliphatic heterocycles. The highest BCUT2D eigenvalue weighted by Crippen LogP contribution is 2.14. The fourth-order valence-electron chi connectivity index (χ4n) is 3.05. The van der Waals surface area contributed by atoms with Gasteiger partial charge in [0.2, 0.25) is 0 Å². The van der Waals surface area contributed by atoms with Crippen molar-refractivity contribution in [2.24, 2.45) is 5.92 Å². The van der Waals surface area contributed by atoms with Crippen LogP contribution in [0.2, 0.25) is 0 Å². The van der Waals surface area contributed by atoms with Gasteiger partial charge in [-0.3, -0.25) is 4.79 Å². The molecule has 158 valence electrons. The van der Waals surface area contributed by atoms with Gasteiger partial charge in [-0.15, -0.1) is 0 Å². The van der Waals surface area contributed by atoms with Crippen molar-refractivity contribution >= 4 is 17.5 Å². The highest BCUT2D eigenvalue weighted by molar-refractivity contribution is 5.96. The molecule has 7 heteroatoms. The minimum Gasteiger partial charge on any atom is -0.494 e. The molecule has 2 aromatic heterocycles. The molecule has 0 saturated carbocycles. The molecule has 30 heavy (non-hydrogen) atoms. The van der Waals surface area contributed by atoms with Gasteiger partial charge in [0.1, 0.15) is 24.0 Å². The minimum absolute atomic E-state index is 0.0434. The van der Waals surface area contributed by atoms with Gasteiger partial charge < -0.3 is 19.2 Å². The maximum atomic E-state index is 12.6. The monoisotopic (exact) mass is 409 g/mol. The van der Waals surface area contributed by atoms with Crippen molar-refractivity contribution in [3.63, 3.8) is 0 Å². The van der Waals surface area contributed by atoms with E-state index in [4.69, 9.17) is 9.47 Å². The molecule has 1 N–H and O–H groups in total. The zero-order chi connectivity index (χ0) is 21.7. The number of rotatable bonds is 8. The quantitative estimate of drug-likeness (QED) is 0.576. The number of hydrogen-bond acceptors (Lipinski definition) is 5. The summed E-state index contributed by atoms with van der Waals surface area (Å²) in [6, 6.07) is 9.92. The van der Waals surface area contributed by atoms with Crippen molar-refractivity contribution in [3.8, 4) is 5.75 Å². The van der Waals surface area contributed by atoms with Gasteiger partial charge in [-0.2, -0.15) is 0 Å². The fourth-order valence-corrected chi connectivity index (χ4v) is 3.05. The van der Waals surface area contributed by atoms with Crippen LogP contribution in [0.3, 0.4) is 0 Å². The van der Waals surface area contributed by atoms with E-state index in [0.29, 0.717) is 23.6 Å². The minimum atomic E-state index is -0.761. The summed E-state index contributed by atoms with van der Waals surface area (Å²) in [6.45, 7) is 8.21. The van der Waals surface area contributed by atoms with Crippen molar-refractivity contribution in [1.82, 2.24) is 14.7 Å². The van der Waals surface area contributed by atoms with Crippen LogP contribution in [-0.4, -0.2) is 33.9 Å². The van der Waals surface area contributed by atoms with E-state index >= 15 is 0 Å². The molecule has 1 unspecified atom stereocenters. The van der Waals surface area contributed by atoms with Crippen LogP contribution < -0.4 is 10.1 Å². The second-order valence-electron chi connectivity index (χ2n) is 7.46. The first-order valence-electron chi connectivity index (χ1n) is 10.0. The van der Waals surface area contributed by atoms with Gasteiger partial charge in [-0.1, -0.05) is 19.9 Å². The third-order valence-corrected chi connectivity index (χ3v) is 4.65. The fraction of sp³-hybridized carbons (Fsp3) is 0.348. The lowest BCUT2D eigenvalue weighted by molar-refractivity contribution is -0.148. The molecule has 1 amide bonds. The molecular formula is C23H27N3O4. The maximum absolute atomic E-state index is 12.6. The summed E-state index contributed by atoms with van der Waals surface area (Å²) in [5.41, 5.74) is 3.00. The summed E-state index contributed by atoms with van der Waals surface area (Å²) in [7, 11) is 0. The largest absolute Gasteiger partial charge is 0.494 e. The normalized spacial score (nSPS) is 12.0. The first-order valence-corrected chi connectivity index (χ1v) is 10.0. The van der Waals surface area contributed by atoms with Crippen LogP contribution in [0.4, 0.5) is 0 Å². The number of fused-ring (bicyclic) bond motifs is 1. The SMILES string of the molecule is CCOc1ccc(C(=O)NC(C(=O)OCc2cn3cc(C)ccc3n2)C(C)C)cc1. The Kier molecular flexibility index (Phi) is 6.72. The molecule has 1 atom stereocenters. The Bertz CT molecular complexity index is 1020. The van der Waals surface area contributed by atoms with Crippen molar-refractivity contribution in [2.75, 3.05) is 6.61 Å². The van der Waals surface area contributed by atoms with Crippen molar-refractivity contribution < 1.29 is 19.1 Å². The van der Waals surface area contributed by atoms with Crippen molar-refractivity contribution in [1.29, 1.82) is 0 Å². The van der Waals surface area contributed by atoms with Crippen LogP contribution in [0.1, 0.15) is 42.4 Å². The van der Waals surface area contributed by atoms with Crippen LogP contribution in [-0.2, 0) is 16.1 Å². The predicted octanol–water partition coefficient (Wildman–Crippen LogP) is 3.54. The maximum Gasteiger partial charge on any atom is 0.329 e. The van der Waals surface area contributed by atoms with Gasteiger partial charge in [0.05, 0.1) is 12.3 Å². The van der Waals surface area contributed by atoms with E-state index in [0.717, 1.165) is 11.2 Å². The smallest absolute Gasteiger partial charge is 0.329 e. The summed E-state index contributed by atoms with van der Waals surface area (Å²) in [5, 5.41) is 2.77. The molecule has 0 spiro atoms. The molecule has 1 aromatic carbocycles. The zero-order valence-corrected chi connectivity index (χ0v) is 17.7. The number of aromatic nitrogens is 2. The number of esters is 1. The van der Waals surface area contributed by atoms with E-state index in [1.54, 1.807) is 24.3 Å². The van der Waals surface area contributed by atoms with Crippen LogP contribution in [0.5, 0.6) is 5.75 Å². The van der Waals surface area contributed by atoms with E-state index < -0.39 is 12.0 Å². The number of ether oxygens (including phenoxy) is 2. The van der Waals surface area contributed by atoms with E-state index in [1.165, 1.54) is 0 Å². The highest BCUT2D eigenvalue weighted by atomic mass is 16.5. The molecule has 0 aliphatic carbocycles. The van der Waals surface area contributed by atoms with E-state index in [1.807, 2.05) is 56.6 Å². The number of imidazole rings is 1. The molecule has 3 rings (SSSR count). The molecule has 0 fully saturated rings. The zero-order valence-electron chi connectivity index (χ0n) is 17.7. The first-order chi connectivity index (χ1) is 14.4. The number of pyridine rings is 1. The van der Waals surface area contributed by atoms with E-state index in [2.05, 4.69) is 10.3 Å². The summed E-state index contributed by atoms with van der Waals surface area (Å²) < 4.78 is 12.7. The molecule has 0 saturated heterocycles. The lowest BCUT2D eigenvalue weighted by atomic mass is 10.0.